The number of nitrogen functional groups attached to an aromatic ring is 1. The highest BCUT2D eigenvalue weighted by Gasteiger charge is 2.14. The average Bonchev–Trinajstić information content (AvgIpc) is 2.39. The topological polar surface area (TPSA) is 67.1 Å². The van der Waals surface area contributed by atoms with E-state index < -0.39 is 29.2 Å². The molecule has 2 amide bonds. The Balaban J connectivity index is 2.15. The molecule has 7 heteroatoms. The number of hydrogen-bond donors (Lipinski definition) is 3. The second kappa shape index (κ2) is 5.52. The number of hydrogen-bond acceptors (Lipinski definition) is 2. The summed E-state index contributed by atoms with van der Waals surface area (Å²) in [5.41, 5.74) is 5.01. The number of urea groups is 1. The molecule has 0 fully saturated rings. The first-order chi connectivity index (χ1) is 9.47. The third-order valence-electron chi connectivity index (χ3n) is 2.45. The van der Waals surface area contributed by atoms with Gasteiger partial charge in [0.15, 0.2) is 11.6 Å². The van der Waals surface area contributed by atoms with Crippen LogP contribution in [0.4, 0.5) is 35.0 Å². The zero-order valence-electron chi connectivity index (χ0n) is 10.1. The SMILES string of the molecule is Nc1ccc(F)c(F)c1NC(=O)Nc1cccc(F)c1. The number of nitrogens with one attached hydrogen (secondary N) is 2. The molecule has 4 N–H and O–H groups in total. The molecule has 0 atom stereocenters. The lowest BCUT2D eigenvalue weighted by Crippen LogP contribution is -2.21. The molecule has 0 aromatic heterocycles. The zero-order chi connectivity index (χ0) is 14.7. The minimum atomic E-state index is -1.26. The molecular formula is C13H10F3N3O. The molecule has 0 heterocycles. The van der Waals surface area contributed by atoms with Gasteiger partial charge in [0.25, 0.3) is 0 Å². The highest BCUT2D eigenvalue weighted by Crippen LogP contribution is 2.24. The van der Waals surface area contributed by atoms with Crippen molar-refractivity contribution in [1.29, 1.82) is 0 Å². The van der Waals surface area contributed by atoms with Crippen molar-refractivity contribution in [3.63, 3.8) is 0 Å². The summed E-state index contributed by atoms with van der Waals surface area (Å²) in [6.45, 7) is 0. The summed E-state index contributed by atoms with van der Waals surface area (Å²) >= 11 is 0. The third kappa shape index (κ3) is 3.00. The van der Waals surface area contributed by atoms with Gasteiger partial charge in [0.2, 0.25) is 0 Å². The average molecular weight is 281 g/mol. The molecule has 0 bridgehead atoms. The van der Waals surface area contributed by atoms with E-state index in [1.54, 1.807) is 0 Å². The Labute approximate surface area is 112 Å². The molecule has 104 valence electrons. The minimum absolute atomic E-state index is 0.127. The van der Waals surface area contributed by atoms with Crippen molar-refractivity contribution in [2.45, 2.75) is 0 Å². The first kappa shape index (κ1) is 13.7. The van der Waals surface area contributed by atoms with Gasteiger partial charge in [-0.3, -0.25) is 0 Å². The fourth-order valence-electron chi connectivity index (χ4n) is 1.53. The summed E-state index contributed by atoms with van der Waals surface area (Å²) < 4.78 is 39.4. The molecule has 0 saturated carbocycles. The van der Waals surface area contributed by atoms with E-state index in [0.717, 1.165) is 18.2 Å². The molecule has 0 aliphatic carbocycles. The summed E-state index contributed by atoms with van der Waals surface area (Å²) in [5, 5.41) is 4.35. The second-order valence-corrected chi connectivity index (χ2v) is 3.92. The molecule has 20 heavy (non-hydrogen) atoms. The number of amides is 2. The number of benzene rings is 2. The molecule has 2 aromatic rings. The van der Waals surface area contributed by atoms with E-state index in [9.17, 15) is 18.0 Å². The van der Waals surface area contributed by atoms with Crippen molar-refractivity contribution in [1.82, 2.24) is 0 Å². The lowest BCUT2D eigenvalue weighted by Gasteiger charge is -2.11. The van der Waals surface area contributed by atoms with Gasteiger partial charge in [-0.1, -0.05) is 6.07 Å². The Morgan fingerprint density at radius 1 is 1.05 bits per heavy atom. The molecule has 2 aromatic carbocycles. The fraction of sp³-hybridized carbons (Fsp3) is 0. The van der Waals surface area contributed by atoms with Crippen LogP contribution in [0.3, 0.4) is 0 Å². The Hall–Kier alpha value is -2.70. The van der Waals surface area contributed by atoms with Crippen LogP contribution in [-0.4, -0.2) is 6.03 Å². The van der Waals surface area contributed by atoms with Gasteiger partial charge < -0.3 is 16.4 Å². The summed E-state index contributed by atoms with van der Waals surface area (Å²) in [5.74, 6) is -2.95. The van der Waals surface area contributed by atoms with Gasteiger partial charge in [-0.15, -0.1) is 0 Å². The number of anilines is 3. The maximum absolute atomic E-state index is 13.5. The van der Waals surface area contributed by atoms with Crippen molar-refractivity contribution in [2.24, 2.45) is 0 Å². The van der Waals surface area contributed by atoms with Gasteiger partial charge in [0.05, 0.1) is 5.69 Å². The molecule has 4 nitrogen and oxygen atoms in total. The van der Waals surface area contributed by atoms with E-state index in [1.807, 2.05) is 0 Å². The Morgan fingerprint density at radius 3 is 2.50 bits per heavy atom. The van der Waals surface area contributed by atoms with Gasteiger partial charge in [-0.05, 0) is 30.3 Å². The number of rotatable bonds is 2. The van der Waals surface area contributed by atoms with E-state index in [4.69, 9.17) is 5.73 Å². The van der Waals surface area contributed by atoms with Crippen LogP contribution >= 0.6 is 0 Å². The normalized spacial score (nSPS) is 10.2. The monoisotopic (exact) mass is 281 g/mol. The predicted molar refractivity (Wildman–Crippen MR) is 69.8 cm³/mol. The second-order valence-electron chi connectivity index (χ2n) is 3.92. The smallest absolute Gasteiger partial charge is 0.323 e. The van der Waals surface area contributed by atoms with Gasteiger partial charge in [-0.2, -0.15) is 0 Å². The van der Waals surface area contributed by atoms with E-state index >= 15 is 0 Å². The Kier molecular flexibility index (Phi) is 3.79. The molecule has 0 unspecified atom stereocenters. The zero-order valence-corrected chi connectivity index (χ0v) is 10.1. The molecule has 0 spiro atoms. The molecule has 2 rings (SSSR count). The van der Waals surface area contributed by atoms with Gasteiger partial charge >= 0.3 is 6.03 Å². The number of carbonyl (C=O) groups is 1. The standard InChI is InChI=1S/C13H10F3N3O/c14-7-2-1-3-8(6-7)18-13(20)19-12-10(17)5-4-9(15)11(12)16/h1-6H,17H2,(H2,18,19,20). The fourth-order valence-corrected chi connectivity index (χ4v) is 1.53. The van der Waals surface area contributed by atoms with Crippen LogP contribution in [0.25, 0.3) is 0 Å². The van der Waals surface area contributed by atoms with Gasteiger partial charge in [-0.25, -0.2) is 18.0 Å². The van der Waals surface area contributed by atoms with Crippen molar-refractivity contribution in [3.05, 3.63) is 53.8 Å². The molecule has 0 saturated heterocycles. The van der Waals surface area contributed by atoms with Crippen LogP contribution < -0.4 is 16.4 Å². The molecule has 0 aliphatic rings. The summed E-state index contributed by atoms with van der Waals surface area (Å²) in [6.07, 6.45) is 0. The van der Waals surface area contributed by atoms with Crippen molar-refractivity contribution in [3.8, 4) is 0 Å². The predicted octanol–water partition coefficient (Wildman–Crippen LogP) is 3.33. The molecule has 0 radical (unpaired) electrons. The van der Waals surface area contributed by atoms with Crippen LogP contribution in [-0.2, 0) is 0 Å². The van der Waals surface area contributed by atoms with E-state index in [-0.39, 0.29) is 11.4 Å². The van der Waals surface area contributed by atoms with Crippen molar-refractivity contribution >= 4 is 23.1 Å². The maximum atomic E-state index is 13.5. The van der Waals surface area contributed by atoms with Crippen LogP contribution in [0.5, 0.6) is 0 Å². The quantitative estimate of drug-likeness (QED) is 0.739. The first-order valence-electron chi connectivity index (χ1n) is 5.54. The van der Waals surface area contributed by atoms with Crippen molar-refractivity contribution in [2.75, 3.05) is 16.4 Å². The van der Waals surface area contributed by atoms with Gasteiger partial charge in [0.1, 0.15) is 11.5 Å². The Morgan fingerprint density at radius 2 is 1.80 bits per heavy atom. The molecular weight excluding hydrogens is 271 g/mol. The van der Waals surface area contributed by atoms with Crippen LogP contribution in [0.2, 0.25) is 0 Å². The number of carbonyl (C=O) groups excluding carboxylic acids is 1. The lowest BCUT2D eigenvalue weighted by molar-refractivity contribution is 0.262. The highest BCUT2D eigenvalue weighted by molar-refractivity contribution is 6.01. The lowest BCUT2D eigenvalue weighted by atomic mass is 10.2. The first-order valence-corrected chi connectivity index (χ1v) is 5.54. The maximum Gasteiger partial charge on any atom is 0.323 e. The third-order valence-corrected chi connectivity index (χ3v) is 2.45. The largest absolute Gasteiger partial charge is 0.397 e. The van der Waals surface area contributed by atoms with Crippen LogP contribution in [0, 0.1) is 17.5 Å². The van der Waals surface area contributed by atoms with E-state index in [2.05, 4.69) is 10.6 Å². The summed E-state index contributed by atoms with van der Waals surface area (Å²) in [6, 6.07) is 6.21. The summed E-state index contributed by atoms with van der Waals surface area (Å²) in [4.78, 5) is 11.6. The van der Waals surface area contributed by atoms with E-state index in [1.165, 1.54) is 18.2 Å². The molecule has 0 aliphatic heterocycles. The number of nitrogens with two attached hydrogens (primary N) is 1. The van der Waals surface area contributed by atoms with Gasteiger partial charge in [0, 0.05) is 5.69 Å². The minimum Gasteiger partial charge on any atom is -0.397 e. The Bertz CT molecular complexity index is 661. The van der Waals surface area contributed by atoms with Crippen LogP contribution in [0.1, 0.15) is 0 Å². The number of halogens is 3. The summed E-state index contributed by atoms with van der Waals surface area (Å²) in [7, 11) is 0. The highest BCUT2D eigenvalue weighted by atomic mass is 19.2. The van der Waals surface area contributed by atoms with Crippen molar-refractivity contribution < 1.29 is 18.0 Å². The van der Waals surface area contributed by atoms with Crippen LogP contribution in [0.15, 0.2) is 36.4 Å². The van der Waals surface area contributed by atoms with E-state index in [0.29, 0.717) is 0 Å².